The van der Waals surface area contributed by atoms with E-state index in [0.717, 1.165) is 11.5 Å². The Hall–Kier alpha value is -2.66. The van der Waals surface area contributed by atoms with Crippen molar-refractivity contribution >= 4 is 38.4 Å². The molecule has 4 aromatic carbocycles. The van der Waals surface area contributed by atoms with Crippen molar-refractivity contribution in [3.63, 3.8) is 0 Å². The summed E-state index contributed by atoms with van der Waals surface area (Å²) in [6.07, 6.45) is 0. The Bertz CT molecular complexity index is 1440. The van der Waals surface area contributed by atoms with Crippen LogP contribution in [0.3, 0.4) is 0 Å². The van der Waals surface area contributed by atoms with Gasteiger partial charge in [0, 0.05) is 0 Å². The zero-order chi connectivity index (χ0) is 31.0. The summed E-state index contributed by atoms with van der Waals surface area (Å²) in [5, 5.41) is 5.47. The van der Waals surface area contributed by atoms with Crippen molar-refractivity contribution < 1.29 is 9.47 Å². The number of rotatable bonds is 7. The van der Waals surface area contributed by atoms with E-state index in [0.29, 0.717) is 17.2 Å². The quantitative estimate of drug-likeness (QED) is 0.198. The highest BCUT2D eigenvalue weighted by Crippen LogP contribution is 2.34. The topological polar surface area (TPSA) is 18.5 Å². The minimum atomic E-state index is -0.220. The molecule has 0 saturated heterocycles. The maximum Gasteiger partial charge on any atom is 0.125 e. The Morgan fingerprint density at radius 2 is 0.762 bits per heavy atom. The van der Waals surface area contributed by atoms with E-state index in [-0.39, 0.29) is 11.2 Å². The van der Waals surface area contributed by atoms with Crippen LogP contribution in [0.15, 0.2) is 60.7 Å². The van der Waals surface area contributed by atoms with Gasteiger partial charge < -0.3 is 9.47 Å². The summed E-state index contributed by atoms with van der Waals surface area (Å²) in [7, 11) is 1.11. The molecule has 0 fully saturated rings. The highest BCUT2D eigenvalue weighted by Gasteiger charge is 2.20. The number of aryl methyl sites for hydroxylation is 6. The first kappa shape index (κ1) is 32.3. The molecule has 0 spiro atoms. The summed E-state index contributed by atoms with van der Waals surface area (Å²) in [5.41, 5.74) is 9.75. The van der Waals surface area contributed by atoms with Crippen LogP contribution in [0.2, 0.25) is 0 Å². The molecule has 4 heteroatoms. The van der Waals surface area contributed by atoms with E-state index >= 15 is 0 Å². The fraction of sp³-hybridized carbons (Fsp3) is 0.368. The van der Waals surface area contributed by atoms with Crippen LogP contribution >= 0.6 is 17.2 Å². The fourth-order valence-electron chi connectivity index (χ4n) is 5.50. The molecule has 0 aliphatic carbocycles. The minimum absolute atomic E-state index is 0.220. The molecule has 222 valence electrons. The second-order valence-electron chi connectivity index (χ2n) is 13.6. The van der Waals surface area contributed by atoms with Crippen molar-refractivity contribution in [3.8, 4) is 22.6 Å². The lowest BCUT2D eigenvalue weighted by molar-refractivity contribution is 0.128. The third-order valence-electron chi connectivity index (χ3n) is 7.09. The summed E-state index contributed by atoms with van der Waals surface area (Å²) >= 11 is 0. The highest BCUT2D eigenvalue weighted by atomic mass is 31.1. The molecule has 4 rings (SSSR count). The van der Waals surface area contributed by atoms with E-state index in [1.54, 1.807) is 0 Å². The van der Waals surface area contributed by atoms with Crippen molar-refractivity contribution in [3.05, 3.63) is 94.0 Å². The molecular weight excluding hydrogens is 550 g/mol. The minimum Gasteiger partial charge on any atom is -0.488 e. The Labute approximate surface area is 258 Å². The average Bonchev–Trinajstić information content (AvgIpc) is 2.84. The third-order valence-corrected chi connectivity index (χ3v) is 9.62. The first-order valence-corrected chi connectivity index (χ1v) is 16.9. The second-order valence-corrected chi connectivity index (χ2v) is 16.3. The molecule has 2 atom stereocenters. The first-order chi connectivity index (χ1) is 19.5. The molecule has 0 heterocycles. The zero-order valence-electron chi connectivity index (χ0n) is 27.6. The predicted octanol–water partition coefficient (Wildman–Crippen LogP) is 8.82. The summed E-state index contributed by atoms with van der Waals surface area (Å²) in [6, 6.07) is 22.8. The van der Waals surface area contributed by atoms with Crippen molar-refractivity contribution in [1.29, 1.82) is 0 Å². The Kier molecular flexibility index (Phi) is 9.62. The van der Waals surface area contributed by atoms with Gasteiger partial charge in [-0.2, -0.15) is 0 Å². The molecule has 0 aliphatic rings. The number of hydrogen-bond donors (Lipinski definition) is 0. The van der Waals surface area contributed by atoms with Crippen LogP contribution in [0.25, 0.3) is 11.1 Å². The molecule has 0 saturated carbocycles. The molecule has 4 aromatic rings. The van der Waals surface area contributed by atoms with E-state index in [4.69, 9.17) is 9.47 Å². The van der Waals surface area contributed by atoms with Gasteiger partial charge in [0.2, 0.25) is 0 Å². The molecule has 42 heavy (non-hydrogen) atoms. The fourth-order valence-corrected chi connectivity index (χ4v) is 8.53. The van der Waals surface area contributed by atoms with E-state index in [9.17, 15) is 0 Å². The number of benzene rings is 4. The average molecular weight is 599 g/mol. The molecule has 0 aromatic heterocycles. The third kappa shape index (κ3) is 7.83. The first-order valence-electron chi connectivity index (χ1n) is 14.9. The number of hydrogen-bond acceptors (Lipinski definition) is 2. The van der Waals surface area contributed by atoms with Gasteiger partial charge in [0.05, 0.1) is 0 Å². The van der Waals surface area contributed by atoms with Crippen molar-refractivity contribution in [2.75, 3.05) is 0 Å². The lowest BCUT2D eigenvalue weighted by Crippen LogP contribution is -2.24. The summed E-state index contributed by atoms with van der Waals surface area (Å²) in [4.78, 5) is 0. The van der Waals surface area contributed by atoms with Crippen LogP contribution in [0.4, 0.5) is 0 Å². The Morgan fingerprint density at radius 3 is 1.05 bits per heavy atom. The van der Waals surface area contributed by atoms with Crippen LogP contribution in [-0.2, 0) is 0 Å². The van der Waals surface area contributed by atoms with Crippen LogP contribution in [0.5, 0.6) is 11.5 Å². The SMILES string of the molecule is Cc1cc(Pc2cccc(C)c2-c2c(C)cccc2Pc2cc(C)c(OC(C)(C)C)c(C)c2)cc(C)c1OC(C)(C)C. The smallest absolute Gasteiger partial charge is 0.125 e. The van der Waals surface area contributed by atoms with Gasteiger partial charge in [-0.1, -0.05) is 53.6 Å². The molecule has 0 radical (unpaired) electrons. The van der Waals surface area contributed by atoms with Gasteiger partial charge >= 0.3 is 0 Å². The standard InChI is InChI=1S/C38H48O2P2/c1-23-15-13-17-31(41-29-19-25(3)35(26(4)20-29)39-37(7,8)9)33(23)34-24(2)16-14-18-32(34)42-30-21-27(5)36(28(6)22-30)40-38(10,11)12/h13-22,41-42H,1-12H3. The van der Waals surface area contributed by atoms with Crippen molar-refractivity contribution in [2.45, 2.75) is 94.3 Å². The van der Waals surface area contributed by atoms with Crippen molar-refractivity contribution in [2.24, 2.45) is 0 Å². The molecular formula is C38H48O2P2. The lowest BCUT2D eigenvalue weighted by Gasteiger charge is -2.25. The second kappa shape index (κ2) is 12.5. The van der Waals surface area contributed by atoms with Gasteiger partial charge in [0.25, 0.3) is 0 Å². The summed E-state index contributed by atoms with van der Waals surface area (Å²) < 4.78 is 12.6. The Morgan fingerprint density at radius 1 is 0.452 bits per heavy atom. The van der Waals surface area contributed by atoms with E-state index in [2.05, 4.69) is 144 Å². The zero-order valence-corrected chi connectivity index (χ0v) is 29.6. The molecule has 0 N–H and O–H groups in total. The maximum atomic E-state index is 6.31. The van der Waals surface area contributed by atoms with Crippen LogP contribution < -0.4 is 30.7 Å². The van der Waals surface area contributed by atoms with Crippen LogP contribution in [-0.4, -0.2) is 11.2 Å². The molecule has 0 aliphatic heterocycles. The highest BCUT2D eigenvalue weighted by molar-refractivity contribution is 7.56. The predicted molar refractivity (Wildman–Crippen MR) is 189 cm³/mol. The van der Waals surface area contributed by atoms with E-state index < -0.39 is 0 Å². The molecule has 2 unspecified atom stereocenters. The molecule has 0 amide bonds. The monoisotopic (exact) mass is 598 g/mol. The van der Waals surface area contributed by atoms with Crippen LogP contribution in [0, 0.1) is 41.5 Å². The van der Waals surface area contributed by atoms with Gasteiger partial charge in [-0.3, -0.25) is 0 Å². The van der Waals surface area contributed by atoms with Gasteiger partial charge in [0.15, 0.2) is 0 Å². The van der Waals surface area contributed by atoms with Gasteiger partial charge in [-0.05, 0) is 173 Å². The molecule has 2 nitrogen and oxygen atoms in total. The van der Waals surface area contributed by atoms with Crippen molar-refractivity contribution in [1.82, 2.24) is 0 Å². The Balaban J connectivity index is 1.75. The normalized spacial score (nSPS) is 12.6. The van der Waals surface area contributed by atoms with Gasteiger partial charge in [-0.25, -0.2) is 0 Å². The van der Waals surface area contributed by atoms with Gasteiger partial charge in [-0.15, -0.1) is 0 Å². The van der Waals surface area contributed by atoms with Gasteiger partial charge in [0.1, 0.15) is 22.7 Å². The number of ether oxygens (including phenoxy) is 2. The molecule has 0 bridgehead atoms. The largest absolute Gasteiger partial charge is 0.488 e. The maximum absolute atomic E-state index is 6.31. The van der Waals surface area contributed by atoms with Crippen LogP contribution in [0.1, 0.15) is 74.9 Å². The summed E-state index contributed by atoms with van der Waals surface area (Å²) in [5.74, 6) is 2.01. The summed E-state index contributed by atoms with van der Waals surface area (Å²) in [6.45, 7) is 25.8. The lowest BCUT2D eigenvalue weighted by atomic mass is 9.96. The van der Waals surface area contributed by atoms with E-state index in [1.807, 2.05) is 0 Å². The van der Waals surface area contributed by atoms with E-state index in [1.165, 1.54) is 65.7 Å².